The molecule has 0 N–H and O–H groups in total. The van der Waals surface area contributed by atoms with Crippen LogP contribution in [0.5, 0.6) is 0 Å². The highest BCUT2D eigenvalue weighted by atomic mass is 35.5. The molecule has 0 radical (unpaired) electrons. The Kier molecular flexibility index (Phi) is 4.14. The Morgan fingerprint density at radius 1 is 1.40 bits per heavy atom. The molecule has 0 atom stereocenters. The number of nitrogens with zero attached hydrogens (tertiary/aromatic N) is 3. The van der Waals surface area contributed by atoms with E-state index >= 15 is 0 Å². The van der Waals surface area contributed by atoms with E-state index in [1.807, 2.05) is 6.92 Å². The second-order valence-corrected chi connectivity index (χ2v) is 4.59. The fourth-order valence-electron chi connectivity index (χ4n) is 1.91. The standard InChI is InChI=1S/C13H12ClN3O3/c1-2-12-15-11(14)7-13(18)16(12)8-9-4-3-5-10(6-9)17(19)20/h3-7H,2,8H2,1H3. The Morgan fingerprint density at radius 2 is 2.15 bits per heavy atom. The van der Waals surface area contributed by atoms with E-state index in [0.717, 1.165) is 0 Å². The fourth-order valence-corrected chi connectivity index (χ4v) is 2.10. The summed E-state index contributed by atoms with van der Waals surface area (Å²) in [5.74, 6) is 0.550. The zero-order valence-corrected chi connectivity index (χ0v) is 11.5. The molecule has 104 valence electrons. The molecule has 0 fully saturated rings. The largest absolute Gasteiger partial charge is 0.292 e. The Bertz CT molecular complexity index is 712. The lowest BCUT2D eigenvalue weighted by Gasteiger charge is -2.10. The van der Waals surface area contributed by atoms with Crippen molar-refractivity contribution in [1.29, 1.82) is 0 Å². The summed E-state index contributed by atoms with van der Waals surface area (Å²) < 4.78 is 1.46. The first kappa shape index (κ1) is 14.2. The molecule has 1 aromatic heterocycles. The Morgan fingerprint density at radius 3 is 2.80 bits per heavy atom. The van der Waals surface area contributed by atoms with Crippen LogP contribution in [0.25, 0.3) is 0 Å². The van der Waals surface area contributed by atoms with Gasteiger partial charge in [0, 0.05) is 24.6 Å². The van der Waals surface area contributed by atoms with Crippen LogP contribution >= 0.6 is 11.6 Å². The molecule has 0 bridgehead atoms. The Labute approximate surface area is 119 Å². The van der Waals surface area contributed by atoms with Crippen molar-refractivity contribution < 1.29 is 4.92 Å². The van der Waals surface area contributed by atoms with Crippen molar-refractivity contribution in [3.63, 3.8) is 0 Å². The van der Waals surface area contributed by atoms with Gasteiger partial charge in [-0.2, -0.15) is 0 Å². The number of aromatic nitrogens is 2. The van der Waals surface area contributed by atoms with Crippen molar-refractivity contribution in [2.24, 2.45) is 0 Å². The second-order valence-electron chi connectivity index (χ2n) is 4.20. The summed E-state index contributed by atoms with van der Waals surface area (Å²) in [6.07, 6.45) is 0.546. The van der Waals surface area contributed by atoms with Crippen molar-refractivity contribution in [2.75, 3.05) is 0 Å². The minimum atomic E-state index is -0.465. The number of aryl methyl sites for hydroxylation is 1. The molecule has 6 nitrogen and oxygen atoms in total. The van der Waals surface area contributed by atoms with Crippen LogP contribution in [0.3, 0.4) is 0 Å². The van der Waals surface area contributed by atoms with Gasteiger partial charge in [0.15, 0.2) is 0 Å². The number of halogens is 1. The van der Waals surface area contributed by atoms with Gasteiger partial charge in [-0.1, -0.05) is 30.7 Å². The summed E-state index contributed by atoms with van der Waals surface area (Å²) in [4.78, 5) is 26.3. The highest BCUT2D eigenvalue weighted by Crippen LogP contribution is 2.14. The molecular weight excluding hydrogens is 282 g/mol. The van der Waals surface area contributed by atoms with Crippen LogP contribution in [0.4, 0.5) is 5.69 Å². The predicted molar refractivity (Wildman–Crippen MR) is 75.1 cm³/mol. The first-order valence-corrected chi connectivity index (χ1v) is 6.38. The third kappa shape index (κ3) is 3.03. The van der Waals surface area contributed by atoms with Gasteiger partial charge in [0.25, 0.3) is 11.2 Å². The molecule has 0 saturated carbocycles. The number of benzene rings is 1. The van der Waals surface area contributed by atoms with Gasteiger partial charge in [-0.3, -0.25) is 19.5 Å². The van der Waals surface area contributed by atoms with Crippen LogP contribution in [-0.4, -0.2) is 14.5 Å². The van der Waals surface area contributed by atoms with E-state index in [0.29, 0.717) is 17.8 Å². The first-order valence-electron chi connectivity index (χ1n) is 6.01. The SMILES string of the molecule is CCc1nc(Cl)cc(=O)n1Cc1cccc([N+](=O)[O-])c1. The van der Waals surface area contributed by atoms with E-state index in [-0.39, 0.29) is 22.9 Å². The summed E-state index contributed by atoms with van der Waals surface area (Å²) in [6, 6.07) is 7.41. The lowest BCUT2D eigenvalue weighted by atomic mass is 10.2. The highest BCUT2D eigenvalue weighted by Gasteiger charge is 2.10. The van der Waals surface area contributed by atoms with Crippen LogP contribution < -0.4 is 5.56 Å². The highest BCUT2D eigenvalue weighted by molar-refractivity contribution is 6.29. The fraction of sp³-hybridized carbons (Fsp3) is 0.231. The molecule has 1 aromatic carbocycles. The molecule has 1 heterocycles. The van der Waals surface area contributed by atoms with Crippen molar-refractivity contribution >= 4 is 17.3 Å². The number of rotatable bonds is 4. The molecule has 0 aliphatic carbocycles. The van der Waals surface area contributed by atoms with Crippen molar-refractivity contribution in [1.82, 2.24) is 9.55 Å². The number of hydrogen-bond donors (Lipinski definition) is 0. The van der Waals surface area contributed by atoms with Crippen molar-refractivity contribution in [2.45, 2.75) is 19.9 Å². The maximum absolute atomic E-state index is 11.9. The van der Waals surface area contributed by atoms with Crippen molar-refractivity contribution in [3.05, 3.63) is 67.3 Å². The van der Waals surface area contributed by atoms with Gasteiger partial charge in [0.05, 0.1) is 11.5 Å². The normalized spacial score (nSPS) is 10.5. The van der Waals surface area contributed by atoms with Crippen LogP contribution in [0, 0.1) is 10.1 Å². The summed E-state index contributed by atoms with van der Waals surface area (Å²) in [7, 11) is 0. The van der Waals surface area contributed by atoms with Gasteiger partial charge in [-0.05, 0) is 5.56 Å². The predicted octanol–water partition coefficient (Wildman–Crippen LogP) is 2.42. The third-order valence-electron chi connectivity index (χ3n) is 2.83. The van der Waals surface area contributed by atoms with E-state index in [2.05, 4.69) is 4.98 Å². The number of nitro groups is 1. The first-order chi connectivity index (χ1) is 9.51. The average molecular weight is 294 g/mol. The van der Waals surface area contributed by atoms with Crippen LogP contribution in [-0.2, 0) is 13.0 Å². The molecule has 0 amide bonds. The quantitative estimate of drug-likeness (QED) is 0.493. The molecular formula is C13H12ClN3O3. The third-order valence-corrected chi connectivity index (χ3v) is 3.03. The van der Waals surface area contributed by atoms with E-state index < -0.39 is 4.92 Å². The van der Waals surface area contributed by atoms with E-state index in [1.165, 1.54) is 22.8 Å². The van der Waals surface area contributed by atoms with Crippen molar-refractivity contribution in [3.8, 4) is 0 Å². The summed E-state index contributed by atoms with van der Waals surface area (Å²) in [5.41, 5.74) is 0.393. The van der Waals surface area contributed by atoms with Gasteiger partial charge in [-0.15, -0.1) is 0 Å². The number of hydrogen-bond acceptors (Lipinski definition) is 4. The molecule has 2 rings (SSSR count). The summed E-state index contributed by atoms with van der Waals surface area (Å²) in [6.45, 7) is 2.09. The van der Waals surface area contributed by atoms with E-state index in [4.69, 9.17) is 11.6 Å². The zero-order chi connectivity index (χ0) is 14.7. The summed E-state index contributed by atoms with van der Waals surface area (Å²) >= 11 is 5.76. The van der Waals surface area contributed by atoms with E-state index in [1.54, 1.807) is 12.1 Å². The van der Waals surface area contributed by atoms with Gasteiger partial charge >= 0.3 is 0 Å². The van der Waals surface area contributed by atoms with Gasteiger partial charge in [0.2, 0.25) is 0 Å². The Balaban J connectivity index is 2.42. The zero-order valence-electron chi connectivity index (χ0n) is 10.7. The molecule has 0 unspecified atom stereocenters. The minimum absolute atomic E-state index is 0.00415. The minimum Gasteiger partial charge on any atom is -0.292 e. The number of non-ortho nitro benzene ring substituents is 1. The molecule has 2 aromatic rings. The summed E-state index contributed by atoms with van der Waals surface area (Å²) in [5, 5.41) is 10.9. The molecule has 0 aliphatic heterocycles. The van der Waals surface area contributed by atoms with Crippen LogP contribution in [0.1, 0.15) is 18.3 Å². The van der Waals surface area contributed by atoms with E-state index in [9.17, 15) is 14.9 Å². The van der Waals surface area contributed by atoms with Crippen LogP contribution in [0.2, 0.25) is 5.15 Å². The lowest BCUT2D eigenvalue weighted by molar-refractivity contribution is -0.384. The smallest absolute Gasteiger partial charge is 0.269 e. The monoisotopic (exact) mass is 293 g/mol. The average Bonchev–Trinajstić information content (AvgIpc) is 2.41. The van der Waals surface area contributed by atoms with Crippen LogP contribution in [0.15, 0.2) is 35.1 Å². The molecule has 20 heavy (non-hydrogen) atoms. The topological polar surface area (TPSA) is 78.0 Å². The molecule has 0 spiro atoms. The lowest BCUT2D eigenvalue weighted by Crippen LogP contribution is -2.24. The molecule has 0 saturated heterocycles. The number of nitro benzene ring substituents is 1. The second kappa shape index (κ2) is 5.83. The molecule has 0 aliphatic rings. The maximum Gasteiger partial charge on any atom is 0.269 e. The maximum atomic E-state index is 11.9. The van der Waals surface area contributed by atoms with Gasteiger partial charge in [0.1, 0.15) is 11.0 Å². The van der Waals surface area contributed by atoms with Gasteiger partial charge < -0.3 is 0 Å². The Hall–Kier alpha value is -2.21. The molecule has 7 heteroatoms. The van der Waals surface area contributed by atoms with Gasteiger partial charge in [-0.25, -0.2) is 4.98 Å².